The van der Waals surface area contributed by atoms with E-state index in [1.54, 1.807) is 6.07 Å². The highest BCUT2D eigenvalue weighted by molar-refractivity contribution is 6.49. The number of carbonyl (C=O) groups is 2. The maximum absolute atomic E-state index is 13.0. The van der Waals surface area contributed by atoms with Gasteiger partial charge in [0.15, 0.2) is 0 Å². The van der Waals surface area contributed by atoms with Crippen LogP contribution in [0, 0.1) is 0 Å². The molecule has 2 atom stereocenters. The van der Waals surface area contributed by atoms with E-state index in [0.717, 1.165) is 36.6 Å². The average molecular weight is 399 g/mol. The number of hydrogen-bond acceptors (Lipinski definition) is 4. The summed E-state index contributed by atoms with van der Waals surface area (Å²) in [5.41, 5.74) is 4.77. The van der Waals surface area contributed by atoms with Gasteiger partial charge in [0, 0.05) is 48.3 Å². The molecule has 5 heteroatoms. The van der Waals surface area contributed by atoms with E-state index in [4.69, 9.17) is 0 Å². The Morgan fingerprint density at radius 2 is 1.77 bits per heavy atom. The fourth-order valence-electron chi connectivity index (χ4n) is 5.03. The van der Waals surface area contributed by atoms with Crippen molar-refractivity contribution in [2.24, 2.45) is 0 Å². The monoisotopic (exact) mass is 399 g/mol. The molecule has 1 aliphatic carbocycles. The Morgan fingerprint density at radius 1 is 0.967 bits per heavy atom. The molecule has 3 aromatic rings. The molecule has 5 nitrogen and oxygen atoms in total. The van der Waals surface area contributed by atoms with Crippen LogP contribution in [0.25, 0.3) is 0 Å². The molecule has 0 fully saturated rings. The number of likely N-dealkylation sites (N-methyl/N-ethyl adjacent to an activating group) is 2. The summed E-state index contributed by atoms with van der Waals surface area (Å²) in [7, 11) is 2.13. The molecular weight excluding hydrogens is 374 g/mol. The largest absolute Gasteiger partial charge is 0.362 e. The molecule has 0 amide bonds. The Morgan fingerprint density at radius 3 is 2.53 bits per heavy atom. The molecule has 0 bridgehead atoms. The summed E-state index contributed by atoms with van der Waals surface area (Å²) in [5, 5.41) is 0. The molecule has 30 heavy (non-hydrogen) atoms. The number of ketones is 2. The Labute approximate surface area is 176 Å². The number of fused-ring (bicyclic) bond motifs is 2. The molecule has 152 valence electrons. The van der Waals surface area contributed by atoms with Crippen molar-refractivity contribution in [1.29, 1.82) is 0 Å². The van der Waals surface area contributed by atoms with Crippen LogP contribution in [-0.2, 0) is 11.3 Å². The number of Topliss-reactive ketones (excluding diaryl/α,β-unsaturated/α-hetero) is 2. The third kappa shape index (κ3) is 2.81. The molecular formula is C25H25N3O2. The van der Waals surface area contributed by atoms with Crippen LogP contribution >= 0.6 is 0 Å². The summed E-state index contributed by atoms with van der Waals surface area (Å²) < 4.78 is 2.02. The Hall–Kier alpha value is -3.18. The van der Waals surface area contributed by atoms with Crippen molar-refractivity contribution >= 4 is 17.3 Å². The van der Waals surface area contributed by atoms with Crippen molar-refractivity contribution < 1.29 is 9.59 Å². The van der Waals surface area contributed by atoms with Gasteiger partial charge in [0.1, 0.15) is 6.04 Å². The zero-order valence-electron chi connectivity index (χ0n) is 17.3. The van der Waals surface area contributed by atoms with Crippen molar-refractivity contribution in [3.05, 3.63) is 89.2 Å². The summed E-state index contributed by atoms with van der Waals surface area (Å²) in [4.78, 5) is 30.3. The van der Waals surface area contributed by atoms with Crippen LogP contribution in [0.15, 0.2) is 66.9 Å². The van der Waals surface area contributed by atoms with E-state index in [2.05, 4.69) is 60.2 Å². The van der Waals surface area contributed by atoms with Gasteiger partial charge in [-0.3, -0.25) is 14.5 Å². The van der Waals surface area contributed by atoms with Crippen LogP contribution < -0.4 is 4.90 Å². The van der Waals surface area contributed by atoms with E-state index >= 15 is 0 Å². The minimum Gasteiger partial charge on any atom is -0.362 e. The molecule has 0 saturated carbocycles. The molecule has 0 spiro atoms. The standard InChI is InChI=1S/C25H25N3O2/c1-3-27-20-12-7-11-18-22(20)23(25(30)24(18)29)28-14-8-13-19(28)21(27)16-26(2)15-17-9-5-4-6-10-17/h4-14,21,23H,3,15-16H2,1-2H3. The van der Waals surface area contributed by atoms with Crippen LogP contribution in [0.2, 0.25) is 0 Å². The van der Waals surface area contributed by atoms with E-state index in [9.17, 15) is 9.59 Å². The average Bonchev–Trinajstić information content (AvgIpc) is 3.29. The summed E-state index contributed by atoms with van der Waals surface area (Å²) >= 11 is 0. The van der Waals surface area contributed by atoms with Crippen LogP contribution in [0.3, 0.4) is 0 Å². The van der Waals surface area contributed by atoms with Crippen LogP contribution in [0.1, 0.15) is 46.2 Å². The third-order valence-electron chi connectivity index (χ3n) is 6.31. The minimum absolute atomic E-state index is 0.0821. The van der Waals surface area contributed by atoms with Gasteiger partial charge in [-0.25, -0.2) is 0 Å². The highest BCUT2D eigenvalue weighted by Gasteiger charge is 2.45. The molecule has 5 rings (SSSR count). The van der Waals surface area contributed by atoms with Gasteiger partial charge in [-0.2, -0.15) is 0 Å². The second kappa shape index (κ2) is 7.26. The van der Waals surface area contributed by atoms with Crippen molar-refractivity contribution in [3.63, 3.8) is 0 Å². The number of benzene rings is 2. The lowest BCUT2D eigenvalue weighted by Crippen LogP contribution is -2.37. The first-order valence-electron chi connectivity index (χ1n) is 10.5. The molecule has 1 aliphatic heterocycles. The van der Waals surface area contributed by atoms with Gasteiger partial charge in [0.25, 0.3) is 0 Å². The first-order valence-corrected chi connectivity index (χ1v) is 10.5. The Bertz CT molecular complexity index is 1120. The Kier molecular flexibility index (Phi) is 4.55. The highest BCUT2D eigenvalue weighted by atomic mass is 16.2. The van der Waals surface area contributed by atoms with E-state index in [1.807, 2.05) is 29.0 Å². The van der Waals surface area contributed by atoms with E-state index < -0.39 is 6.04 Å². The third-order valence-corrected chi connectivity index (χ3v) is 6.31. The Balaban J connectivity index is 1.58. The molecule has 2 aliphatic rings. The molecule has 2 heterocycles. The summed E-state index contributed by atoms with van der Waals surface area (Å²) in [6.07, 6.45) is 1.94. The fraction of sp³-hybridized carbons (Fsp3) is 0.280. The zero-order chi connectivity index (χ0) is 20.8. The van der Waals surface area contributed by atoms with E-state index in [1.165, 1.54) is 5.56 Å². The zero-order valence-corrected chi connectivity index (χ0v) is 17.3. The minimum atomic E-state index is -0.549. The molecule has 0 N–H and O–H groups in total. The van der Waals surface area contributed by atoms with E-state index in [0.29, 0.717) is 5.56 Å². The second-order valence-electron chi connectivity index (χ2n) is 8.16. The van der Waals surface area contributed by atoms with Crippen LogP contribution in [-0.4, -0.2) is 41.2 Å². The molecule has 0 radical (unpaired) electrons. The first-order chi connectivity index (χ1) is 14.6. The maximum atomic E-state index is 13.0. The van der Waals surface area contributed by atoms with E-state index in [-0.39, 0.29) is 17.6 Å². The number of nitrogens with zero attached hydrogens (tertiary/aromatic N) is 3. The summed E-state index contributed by atoms with van der Waals surface area (Å²) in [5.74, 6) is -0.698. The predicted octanol–water partition coefficient (Wildman–Crippen LogP) is 3.86. The summed E-state index contributed by atoms with van der Waals surface area (Å²) in [6, 6.07) is 19.8. The van der Waals surface area contributed by atoms with Gasteiger partial charge < -0.3 is 9.47 Å². The predicted molar refractivity (Wildman–Crippen MR) is 117 cm³/mol. The lowest BCUT2D eigenvalue weighted by atomic mass is 10.0. The number of carbonyl (C=O) groups excluding carboxylic acids is 2. The maximum Gasteiger partial charge on any atom is 0.231 e. The lowest BCUT2D eigenvalue weighted by molar-refractivity contribution is -0.116. The lowest BCUT2D eigenvalue weighted by Gasteiger charge is -2.35. The molecule has 2 aromatic carbocycles. The normalized spacial score (nSPS) is 19.8. The van der Waals surface area contributed by atoms with Gasteiger partial charge in [0.2, 0.25) is 11.6 Å². The van der Waals surface area contributed by atoms with Gasteiger partial charge in [-0.05, 0) is 37.7 Å². The van der Waals surface area contributed by atoms with Crippen LogP contribution in [0.5, 0.6) is 0 Å². The quantitative estimate of drug-likeness (QED) is 0.612. The second-order valence-corrected chi connectivity index (χ2v) is 8.16. The van der Waals surface area contributed by atoms with Gasteiger partial charge in [0.05, 0.1) is 6.04 Å². The van der Waals surface area contributed by atoms with Gasteiger partial charge >= 0.3 is 0 Å². The fourth-order valence-corrected chi connectivity index (χ4v) is 5.03. The van der Waals surface area contributed by atoms with Crippen LogP contribution in [0.4, 0.5) is 5.69 Å². The molecule has 0 saturated heterocycles. The smallest absolute Gasteiger partial charge is 0.231 e. The van der Waals surface area contributed by atoms with Gasteiger partial charge in [-0.15, -0.1) is 0 Å². The number of hydrogen-bond donors (Lipinski definition) is 0. The number of rotatable bonds is 5. The highest BCUT2D eigenvalue weighted by Crippen LogP contribution is 2.45. The SMILES string of the molecule is CCN1c2cccc3c2C(C(=O)C3=O)n2cccc2C1CN(C)Cc1ccccc1. The first kappa shape index (κ1) is 18.8. The number of anilines is 1. The van der Waals surface area contributed by atoms with Crippen molar-refractivity contribution in [3.8, 4) is 0 Å². The van der Waals surface area contributed by atoms with Crippen molar-refractivity contribution in [2.45, 2.75) is 25.6 Å². The molecule has 2 unspecified atom stereocenters. The molecule has 1 aromatic heterocycles. The van der Waals surface area contributed by atoms with Crippen molar-refractivity contribution in [2.75, 3.05) is 25.0 Å². The number of aromatic nitrogens is 1. The van der Waals surface area contributed by atoms with Crippen molar-refractivity contribution in [1.82, 2.24) is 9.47 Å². The summed E-state index contributed by atoms with van der Waals surface area (Å²) in [6.45, 7) is 4.59. The van der Waals surface area contributed by atoms with Gasteiger partial charge in [-0.1, -0.05) is 42.5 Å². The topological polar surface area (TPSA) is 45.6 Å².